The second-order valence-corrected chi connectivity index (χ2v) is 5.52. The molecule has 1 aromatic carbocycles. The van der Waals surface area contributed by atoms with Crippen molar-refractivity contribution in [2.75, 3.05) is 23.8 Å². The van der Waals surface area contributed by atoms with E-state index in [1.165, 1.54) is 0 Å². The number of nitrogens with one attached hydrogen (secondary N) is 2. The Balaban J connectivity index is 1.72. The molecule has 0 aliphatic carbocycles. The van der Waals surface area contributed by atoms with Gasteiger partial charge in [-0.1, -0.05) is 0 Å². The maximum atomic E-state index is 11.6. The average Bonchev–Trinajstić information content (AvgIpc) is 2.94. The number of fused-ring (bicyclic) bond motifs is 1. The van der Waals surface area contributed by atoms with E-state index in [1.807, 2.05) is 18.2 Å². The normalized spacial score (nSPS) is 26.4. The number of benzene rings is 1. The fourth-order valence-electron chi connectivity index (χ4n) is 2.63. The number of anilines is 2. The standard InChI is InChI=1S/C15H20N2O3/c1-9(11-5-6-19-8-11)16-12-3-4-14-13(7-12)17-15(18)10(2)20-14/h3-4,7,9-11,16H,5-6,8H2,1-2H3,(H,17,18). The van der Waals surface area contributed by atoms with Gasteiger partial charge < -0.3 is 20.1 Å². The maximum absolute atomic E-state index is 11.6. The number of ether oxygens (including phenoxy) is 2. The Hall–Kier alpha value is -1.75. The molecule has 0 spiro atoms. The SMILES string of the molecule is CC1Oc2ccc(NC(C)C3CCOC3)cc2NC1=O. The number of hydrogen-bond acceptors (Lipinski definition) is 4. The molecule has 5 heteroatoms. The highest BCUT2D eigenvalue weighted by Gasteiger charge is 2.25. The van der Waals surface area contributed by atoms with Gasteiger partial charge in [-0.25, -0.2) is 0 Å². The number of carbonyl (C=O) groups is 1. The highest BCUT2D eigenvalue weighted by atomic mass is 16.5. The molecule has 3 rings (SSSR count). The Labute approximate surface area is 118 Å². The number of amides is 1. The predicted octanol–water partition coefficient (Wildman–Crippen LogP) is 2.24. The van der Waals surface area contributed by atoms with Gasteiger partial charge in [0.15, 0.2) is 6.10 Å². The minimum atomic E-state index is -0.434. The molecule has 3 unspecified atom stereocenters. The number of carbonyl (C=O) groups excluding carboxylic acids is 1. The predicted molar refractivity (Wildman–Crippen MR) is 77.2 cm³/mol. The zero-order valence-corrected chi connectivity index (χ0v) is 11.8. The van der Waals surface area contributed by atoms with E-state index in [0.29, 0.717) is 12.0 Å². The Kier molecular flexibility index (Phi) is 3.53. The lowest BCUT2D eigenvalue weighted by atomic mass is 10.0. The third-order valence-electron chi connectivity index (χ3n) is 3.98. The van der Waals surface area contributed by atoms with Crippen LogP contribution in [0.25, 0.3) is 0 Å². The Morgan fingerprint density at radius 2 is 2.30 bits per heavy atom. The molecule has 2 N–H and O–H groups in total. The monoisotopic (exact) mass is 276 g/mol. The molecule has 0 bridgehead atoms. The summed E-state index contributed by atoms with van der Waals surface area (Å²) in [6, 6.07) is 6.14. The van der Waals surface area contributed by atoms with Gasteiger partial charge in [0, 0.05) is 24.3 Å². The summed E-state index contributed by atoms with van der Waals surface area (Å²) < 4.78 is 11.0. The molecule has 1 fully saturated rings. The van der Waals surface area contributed by atoms with E-state index in [2.05, 4.69) is 17.6 Å². The second-order valence-electron chi connectivity index (χ2n) is 5.52. The fourth-order valence-corrected chi connectivity index (χ4v) is 2.63. The van der Waals surface area contributed by atoms with E-state index < -0.39 is 6.10 Å². The van der Waals surface area contributed by atoms with Crippen LogP contribution in [0.4, 0.5) is 11.4 Å². The Morgan fingerprint density at radius 3 is 3.05 bits per heavy atom. The van der Waals surface area contributed by atoms with Crippen molar-refractivity contribution in [2.24, 2.45) is 5.92 Å². The molecule has 1 amide bonds. The molecular formula is C15H20N2O3. The first kappa shape index (κ1) is 13.2. The van der Waals surface area contributed by atoms with Crippen molar-refractivity contribution in [3.63, 3.8) is 0 Å². The quantitative estimate of drug-likeness (QED) is 0.889. The molecule has 0 aromatic heterocycles. The summed E-state index contributed by atoms with van der Waals surface area (Å²) in [5.74, 6) is 1.16. The van der Waals surface area contributed by atoms with Gasteiger partial charge in [0.2, 0.25) is 0 Å². The average molecular weight is 276 g/mol. The minimum absolute atomic E-state index is 0.105. The van der Waals surface area contributed by atoms with Gasteiger partial charge in [0.05, 0.1) is 12.3 Å². The van der Waals surface area contributed by atoms with Crippen LogP contribution in [0.3, 0.4) is 0 Å². The summed E-state index contributed by atoms with van der Waals surface area (Å²) in [6.07, 6.45) is 0.659. The molecule has 2 aliphatic heterocycles. The topological polar surface area (TPSA) is 59.6 Å². The van der Waals surface area contributed by atoms with Gasteiger partial charge in [0.1, 0.15) is 5.75 Å². The van der Waals surface area contributed by atoms with Gasteiger partial charge >= 0.3 is 0 Å². The second kappa shape index (κ2) is 5.32. The first-order valence-corrected chi connectivity index (χ1v) is 7.09. The van der Waals surface area contributed by atoms with E-state index in [-0.39, 0.29) is 5.91 Å². The molecule has 1 saturated heterocycles. The molecule has 0 saturated carbocycles. The van der Waals surface area contributed by atoms with Crippen LogP contribution in [0.15, 0.2) is 18.2 Å². The van der Waals surface area contributed by atoms with Crippen LogP contribution in [0.2, 0.25) is 0 Å². The van der Waals surface area contributed by atoms with E-state index in [1.54, 1.807) is 6.92 Å². The lowest BCUT2D eigenvalue weighted by Crippen LogP contribution is -2.34. The molecule has 0 radical (unpaired) electrons. The summed E-state index contributed by atoms with van der Waals surface area (Å²) in [6.45, 7) is 5.57. The van der Waals surface area contributed by atoms with E-state index in [4.69, 9.17) is 9.47 Å². The fraction of sp³-hybridized carbons (Fsp3) is 0.533. The molecule has 20 heavy (non-hydrogen) atoms. The van der Waals surface area contributed by atoms with Crippen LogP contribution in [0, 0.1) is 5.92 Å². The Morgan fingerprint density at radius 1 is 1.45 bits per heavy atom. The van der Waals surface area contributed by atoms with Gasteiger partial charge in [-0.15, -0.1) is 0 Å². The maximum Gasteiger partial charge on any atom is 0.265 e. The van der Waals surface area contributed by atoms with Gasteiger partial charge in [-0.05, 0) is 38.5 Å². The number of hydrogen-bond donors (Lipinski definition) is 2. The summed E-state index contributed by atoms with van der Waals surface area (Å²) >= 11 is 0. The minimum Gasteiger partial charge on any atom is -0.479 e. The summed E-state index contributed by atoms with van der Waals surface area (Å²) in [4.78, 5) is 11.6. The summed E-state index contributed by atoms with van der Waals surface area (Å²) in [7, 11) is 0. The summed E-state index contributed by atoms with van der Waals surface area (Å²) in [5.41, 5.74) is 1.72. The molecule has 1 aromatic rings. The summed E-state index contributed by atoms with van der Waals surface area (Å²) in [5, 5.41) is 6.34. The zero-order valence-electron chi connectivity index (χ0n) is 11.8. The third kappa shape index (κ3) is 2.58. The highest BCUT2D eigenvalue weighted by Crippen LogP contribution is 2.32. The van der Waals surface area contributed by atoms with Crippen LogP contribution in [0.5, 0.6) is 5.75 Å². The van der Waals surface area contributed by atoms with Crippen molar-refractivity contribution >= 4 is 17.3 Å². The van der Waals surface area contributed by atoms with E-state index >= 15 is 0 Å². The number of rotatable bonds is 3. The third-order valence-corrected chi connectivity index (χ3v) is 3.98. The van der Waals surface area contributed by atoms with Gasteiger partial charge in [0.25, 0.3) is 5.91 Å². The van der Waals surface area contributed by atoms with E-state index in [9.17, 15) is 4.79 Å². The van der Waals surface area contributed by atoms with Gasteiger partial charge in [-0.3, -0.25) is 4.79 Å². The van der Waals surface area contributed by atoms with Crippen molar-refractivity contribution in [2.45, 2.75) is 32.4 Å². The first-order valence-electron chi connectivity index (χ1n) is 7.09. The van der Waals surface area contributed by atoms with Gasteiger partial charge in [-0.2, -0.15) is 0 Å². The lowest BCUT2D eigenvalue weighted by molar-refractivity contribution is -0.122. The lowest BCUT2D eigenvalue weighted by Gasteiger charge is -2.25. The molecule has 2 aliphatic rings. The van der Waals surface area contributed by atoms with Crippen molar-refractivity contribution in [3.8, 4) is 5.75 Å². The molecule has 5 nitrogen and oxygen atoms in total. The zero-order chi connectivity index (χ0) is 14.1. The molecule has 3 atom stereocenters. The van der Waals surface area contributed by atoms with Crippen molar-refractivity contribution in [1.82, 2.24) is 0 Å². The molecule has 108 valence electrons. The molecular weight excluding hydrogens is 256 g/mol. The van der Waals surface area contributed by atoms with Crippen molar-refractivity contribution in [1.29, 1.82) is 0 Å². The van der Waals surface area contributed by atoms with Crippen LogP contribution >= 0.6 is 0 Å². The van der Waals surface area contributed by atoms with Crippen molar-refractivity contribution in [3.05, 3.63) is 18.2 Å². The van der Waals surface area contributed by atoms with Crippen LogP contribution in [-0.4, -0.2) is 31.3 Å². The Bertz CT molecular complexity index is 512. The smallest absolute Gasteiger partial charge is 0.265 e. The van der Waals surface area contributed by atoms with E-state index in [0.717, 1.165) is 36.8 Å². The van der Waals surface area contributed by atoms with Crippen LogP contribution in [-0.2, 0) is 9.53 Å². The van der Waals surface area contributed by atoms with Crippen molar-refractivity contribution < 1.29 is 14.3 Å². The molecule has 2 heterocycles. The highest BCUT2D eigenvalue weighted by molar-refractivity contribution is 5.98. The first-order chi connectivity index (χ1) is 9.63. The largest absolute Gasteiger partial charge is 0.479 e. The van der Waals surface area contributed by atoms with Crippen LogP contribution < -0.4 is 15.4 Å². The van der Waals surface area contributed by atoms with Crippen LogP contribution in [0.1, 0.15) is 20.3 Å².